The van der Waals surface area contributed by atoms with E-state index in [1.54, 1.807) is 6.08 Å². The molecule has 0 saturated heterocycles. The van der Waals surface area contributed by atoms with Crippen LogP contribution in [0.5, 0.6) is 0 Å². The van der Waals surface area contributed by atoms with Crippen LogP contribution in [-0.4, -0.2) is 12.2 Å². The summed E-state index contributed by atoms with van der Waals surface area (Å²) >= 11 is 0. The Balaban J connectivity index is 2.06. The molecular formula is C13H13NO2. The topological polar surface area (TPSA) is 46.2 Å². The lowest BCUT2D eigenvalue weighted by Gasteiger charge is -2.02. The Bertz CT molecular complexity index is 419. The van der Waals surface area contributed by atoms with E-state index in [4.69, 9.17) is 0 Å². The van der Waals surface area contributed by atoms with Gasteiger partial charge in [0.15, 0.2) is 6.29 Å². The van der Waals surface area contributed by atoms with Gasteiger partial charge in [-0.25, -0.2) is 0 Å². The van der Waals surface area contributed by atoms with Crippen LogP contribution >= 0.6 is 0 Å². The fourth-order valence-electron chi connectivity index (χ4n) is 1.42. The highest BCUT2D eigenvalue weighted by Crippen LogP contribution is 2.29. The molecule has 82 valence electrons. The van der Waals surface area contributed by atoms with Crippen LogP contribution < -0.4 is 5.32 Å². The average Bonchev–Trinajstić information content (AvgIpc) is 3.13. The number of hydrogen-bond acceptors (Lipinski definition) is 2. The van der Waals surface area contributed by atoms with Gasteiger partial charge in [0.2, 0.25) is 5.91 Å². The summed E-state index contributed by atoms with van der Waals surface area (Å²) in [6.45, 7) is 0. The maximum Gasteiger partial charge on any atom is 0.227 e. The number of hydrogen-bond donors (Lipinski definition) is 1. The zero-order valence-corrected chi connectivity index (χ0v) is 8.85. The van der Waals surface area contributed by atoms with Gasteiger partial charge in [0, 0.05) is 5.92 Å². The first-order chi connectivity index (χ1) is 7.79. The second-order valence-electron chi connectivity index (χ2n) is 3.89. The van der Waals surface area contributed by atoms with Crippen molar-refractivity contribution in [2.24, 2.45) is 5.92 Å². The first-order valence-corrected chi connectivity index (χ1v) is 5.32. The van der Waals surface area contributed by atoms with E-state index in [0.717, 1.165) is 18.4 Å². The molecule has 3 nitrogen and oxygen atoms in total. The average molecular weight is 215 g/mol. The lowest BCUT2D eigenvalue weighted by molar-refractivity contribution is -0.122. The van der Waals surface area contributed by atoms with Crippen molar-refractivity contribution in [3.8, 4) is 0 Å². The molecule has 0 unspecified atom stereocenters. The van der Waals surface area contributed by atoms with E-state index in [-0.39, 0.29) is 11.8 Å². The molecule has 1 aliphatic carbocycles. The fourth-order valence-corrected chi connectivity index (χ4v) is 1.42. The van der Waals surface area contributed by atoms with Gasteiger partial charge < -0.3 is 5.32 Å². The molecule has 1 fully saturated rings. The molecule has 0 aromatic heterocycles. The Morgan fingerprint density at radius 1 is 1.25 bits per heavy atom. The van der Waals surface area contributed by atoms with Crippen molar-refractivity contribution in [1.82, 2.24) is 5.32 Å². The molecule has 1 amide bonds. The van der Waals surface area contributed by atoms with E-state index in [2.05, 4.69) is 5.32 Å². The highest BCUT2D eigenvalue weighted by Gasteiger charge is 2.29. The van der Waals surface area contributed by atoms with Crippen molar-refractivity contribution in [2.75, 3.05) is 0 Å². The zero-order valence-electron chi connectivity index (χ0n) is 8.85. The van der Waals surface area contributed by atoms with Gasteiger partial charge in [-0.2, -0.15) is 0 Å². The van der Waals surface area contributed by atoms with Gasteiger partial charge >= 0.3 is 0 Å². The van der Waals surface area contributed by atoms with E-state index in [9.17, 15) is 9.59 Å². The molecule has 2 rings (SSSR count). The Morgan fingerprint density at radius 3 is 2.50 bits per heavy atom. The van der Waals surface area contributed by atoms with E-state index in [1.807, 2.05) is 30.3 Å². The molecular weight excluding hydrogens is 202 g/mol. The summed E-state index contributed by atoms with van der Waals surface area (Å²) in [6.07, 6.45) is 4.22. The molecule has 1 aromatic rings. The van der Waals surface area contributed by atoms with Gasteiger partial charge in [-0.15, -0.1) is 0 Å². The first-order valence-electron chi connectivity index (χ1n) is 5.32. The second kappa shape index (κ2) is 4.75. The number of carbonyl (C=O) groups excluding carboxylic acids is 2. The third kappa shape index (κ3) is 2.79. The van der Waals surface area contributed by atoms with Crippen molar-refractivity contribution in [2.45, 2.75) is 12.8 Å². The van der Waals surface area contributed by atoms with Gasteiger partial charge in [-0.1, -0.05) is 30.3 Å². The summed E-state index contributed by atoms with van der Waals surface area (Å²) in [4.78, 5) is 22.3. The minimum Gasteiger partial charge on any atom is -0.323 e. The molecule has 0 radical (unpaired) electrons. The van der Waals surface area contributed by atoms with Gasteiger partial charge in [0.1, 0.15) is 0 Å². The minimum absolute atomic E-state index is 0.0470. The molecule has 1 saturated carbocycles. The Hall–Kier alpha value is -1.90. The quantitative estimate of drug-likeness (QED) is 0.614. The molecule has 0 spiro atoms. The predicted octanol–water partition coefficient (Wildman–Crippen LogP) is 1.75. The number of aldehydes is 1. The number of carbonyl (C=O) groups is 2. The van der Waals surface area contributed by atoms with Crippen LogP contribution in [0.1, 0.15) is 18.4 Å². The van der Waals surface area contributed by atoms with Gasteiger partial charge in [0.05, 0.1) is 5.70 Å². The molecule has 1 N–H and O–H groups in total. The van der Waals surface area contributed by atoms with Crippen LogP contribution in [0.3, 0.4) is 0 Å². The van der Waals surface area contributed by atoms with Crippen molar-refractivity contribution in [1.29, 1.82) is 0 Å². The van der Waals surface area contributed by atoms with Crippen molar-refractivity contribution in [3.05, 3.63) is 41.6 Å². The summed E-state index contributed by atoms with van der Waals surface area (Å²) in [5.74, 6) is 0.0633. The molecule has 0 atom stereocenters. The number of rotatable bonds is 4. The molecule has 0 bridgehead atoms. The summed E-state index contributed by atoms with van der Waals surface area (Å²) in [7, 11) is 0. The van der Waals surface area contributed by atoms with E-state index >= 15 is 0 Å². The van der Waals surface area contributed by atoms with Crippen LogP contribution in [0, 0.1) is 5.92 Å². The maximum absolute atomic E-state index is 11.5. The lowest BCUT2D eigenvalue weighted by Crippen LogP contribution is -2.24. The Labute approximate surface area is 94.2 Å². The van der Waals surface area contributed by atoms with Crippen molar-refractivity contribution in [3.63, 3.8) is 0 Å². The monoisotopic (exact) mass is 215 g/mol. The van der Waals surface area contributed by atoms with Gasteiger partial charge in [-0.3, -0.25) is 9.59 Å². The molecule has 0 heterocycles. The highest BCUT2D eigenvalue weighted by atomic mass is 16.2. The van der Waals surface area contributed by atoms with Crippen LogP contribution in [0.15, 0.2) is 36.0 Å². The van der Waals surface area contributed by atoms with E-state index in [1.165, 1.54) is 0 Å². The van der Waals surface area contributed by atoms with Crippen LogP contribution in [-0.2, 0) is 9.59 Å². The van der Waals surface area contributed by atoms with Gasteiger partial charge in [0.25, 0.3) is 0 Å². The second-order valence-corrected chi connectivity index (χ2v) is 3.89. The normalized spacial score (nSPS) is 15.6. The Morgan fingerprint density at radius 2 is 1.94 bits per heavy atom. The maximum atomic E-state index is 11.5. The van der Waals surface area contributed by atoms with E-state index < -0.39 is 0 Å². The number of benzene rings is 1. The molecule has 3 heteroatoms. The Kier molecular flexibility index (Phi) is 3.15. The summed E-state index contributed by atoms with van der Waals surface area (Å²) in [5, 5.41) is 2.63. The lowest BCUT2D eigenvalue weighted by atomic mass is 10.2. The summed E-state index contributed by atoms with van der Waals surface area (Å²) in [6, 6.07) is 9.44. The SMILES string of the molecule is O=C/C(=C\c1ccccc1)NC(=O)C1CC1. The summed E-state index contributed by atoms with van der Waals surface area (Å²) in [5.41, 5.74) is 1.23. The van der Waals surface area contributed by atoms with Crippen molar-refractivity contribution < 1.29 is 9.59 Å². The predicted molar refractivity (Wildman–Crippen MR) is 61.3 cm³/mol. The summed E-state index contributed by atoms with van der Waals surface area (Å²) < 4.78 is 0. The minimum atomic E-state index is -0.0470. The van der Waals surface area contributed by atoms with Gasteiger partial charge in [-0.05, 0) is 24.5 Å². The van der Waals surface area contributed by atoms with Crippen LogP contribution in [0.25, 0.3) is 6.08 Å². The molecule has 1 aromatic carbocycles. The number of nitrogens with one attached hydrogen (secondary N) is 1. The van der Waals surface area contributed by atoms with Crippen LogP contribution in [0.2, 0.25) is 0 Å². The largest absolute Gasteiger partial charge is 0.323 e. The third-order valence-corrected chi connectivity index (χ3v) is 2.46. The van der Waals surface area contributed by atoms with E-state index in [0.29, 0.717) is 12.0 Å². The molecule has 16 heavy (non-hydrogen) atoms. The standard InChI is InChI=1S/C13H13NO2/c15-9-12(14-13(16)11-6-7-11)8-10-4-2-1-3-5-10/h1-5,8-9,11H,6-7H2,(H,14,16)/b12-8+. The van der Waals surface area contributed by atoms with Crippen molar-refractivity contribution >= 4 is 18.3 Å². The molecule has 0 aliphatic heterocycles. The number of allylic oxidation sites excluding steroid dienone is 1. The smallest absolute Gasteiger partial charge is 0.227 e. The zero-order chi connectivity index (χ0) is 11.4. The fraction of sp³-hybridized carbons (Fsp3) is 0.231. The molecule has 1 aliphatic rings. The highest BCUT2D eigenvalue weighted by molar-refractivity contribution is 5.91. The first kappa shape index (κ1) is 10.6. The van der Waals surface area contributed by atoms with Crippen LogP contribution in [0.4, 0.5) is 0 Å². The third-order valence-electron chi connectivity index (χ3n) is 2.46. The number of amides is 1.